The summed E-state index contributed by atoms with van der Waals surface area (Å²) in [5, 5.41) is 14.5. The first-order chi connectivity index (χ1) is 13.5. The molecule has 28 heavy (non-hydrogen) atoms. The van der Waals surface area contributed by atoms with Gasteiger partial charge in [0.05, 0.1) is 13.2 Å². The molecule has 0 aliphatic heterocycles. The zero-order chi connectivity index (χ0) is 20.1. The molecule has 0 saturated heterocycles. The van der Waals surface area contributed by atoms with Crippen molar-refractivity contribution in [3.05, 3.63) is 23.4 Å². The van der Waals surface area contributed by atoms with Gasteiger partial charge in [-0.3, -0.25) is 9.59 Å². The van der Waals surface area contributed by atoms with Gasteiger partial charge < -0.3 is 20.5 Å². The normalized spacial score (nSPS) is 16.5. The quantitative estimate of drug-likeness (QED) is 0.538. The first-order valence-electron chi connectivity index (χ1n) is 10.4. The number of aromatic nitrogens is 1. The van der Waals surface area contributed by atoms with Crippen LogP contribution in [0.25, 0.3) is 0 Å². The third-order valence-electron chi connectivity index (χ3n) is 5.68. The van der Waals surface area contributed by atoms with Crippen LogP contribution < -0.4 is 15.4 Å². The number of ether oxygens (including phenoxy) is 1. The van der Waals surface area contributed by atoms with Crippen LogP contribution in [0, 0.1) is 5.92 Å². The van der Waals surface area contributed by atoms with Gasteiger partial charge in [-0.05, 0) is 56.4 Å². The summed E-state index contributed by atoms with van der Waals surface area (Å²) in [6, 6.07) is 3.65. The zero-order valence-electron chi connectivity index (χ0n) is 16.8. The molecular weight excluding hydrogens is 358 g/mol. The first-order valence-corrected chi connectivity index (χ1v) is 10.4. The lowest BCUT2D eigenvalue weighted by molar-refractivity contribution is -0.127. The highest BCUT2D eigenvalue weighted by Gasteiger charge is 2.37. The monoisotopic (exact) mass is 389 g/mol. The number of pyridine rings is 1. The van der Waals surface area contributed by atoms with Gasteiger partial charge in [-0.1, -0.05) is 19.9 Å². The van der Waals surface area contributed by atoms with Crippen molar-refractivity contribution in [3.8, 4) is 5.88 Å². The Kier molecular flexibility index (Phi) is 6.54. The number of nitrogens with zero attached hydrogens (tertiary/aromatic N) is 1. The minimum atomic E-state index is -1.03. The molecule has 0 unspecified atom stereocenters. The van der Waals surface area contributed by atoms with Crippen molar-refractivity contribution >= 4 is 11.8 Å². The predicted molar refractivity (Wildman–Crippen MR) is 105 cm³/mol. The third kappa shape index (κ3) is 4.82. The van der Waals surface area contributed by atoms with Gasteiger partial charge in [-0.25, -0.2) is 4.98 Å². The molecule has 0 atom stereocenters. The van der Waals surface area contributed by atoms with Gasteiger partial charge in [-0.2, -0.15) is 0 Å². The van der Waals surface area contributed by atoms with E-state index in [1.807, 2.05) is 19.9 Å². The Morgan fingerprint density at radius 2 is 1.93 bits per heavy atom. The van der Waals surface area contributed by atoms with Crippen molar-refractivity contribution in [2.75, 3.05) is 19.8 Å². The van der Waals surface area contributed by atoms with Gasteiger partial charge in [0.25, 0.3) is 5.91 Å². The second-order valence-corrected chi connectivity index (χ2v) is 7.84. The van der Waals surface area contributed by atoms with Gasteiger partial charge in [-0.15, -0.1) is 0 Å². The Bertz CT molecular complexity index is 710. The number of carbonyl (C=O) groups is 2. The lowest BCUT2D eigenvalue weighted by Crippen LogP contribution is -2.58. The number of aliphatic hydroxyl groups is 1. The van der Waals surface area contributed by atoms with Crippen LogP contribution in [-0.2, 0) is 4.79 Å². The molecule has 154 valence electrons. The first kappa shape index (κ1) is 20.6. The lowest BCUT2D eigenvalue weighted by Gasteiger charge is -2.31. The van der Waals surface area contributed by atoms with Crippen LogP contribution in [0.3, 0.4) is 0 Å². The molecule has 0 radical (unpaired) electrons. The van der Waals surface area contributed by atoms with E-state index in [-0.39, 0.29) is 30.7 Å². The largest absolute Gasteiger partial charge is 0.477 e. The summed E-state index contributed by atoms with van der Waals surface area (Å²) in [5.74, 6) is 0.967. The summed E-state index contributed by atoms with van der Waals surface area (Å²) in [6.45, 7) is 4.38. The predicted octanol–water partition coefficient (Wildman–Crippen LogP) is 2.14. The fraction of sp³-hybridized carbons (Fsp3) is 0.667. The molecule has 3 N–H and O–H groups in total. The summed E-state index contributed by atoms with van der Waals surface area (Å²) in [5.41, 5.74) is 0.310. The minimum Gasteiger partial charge on any atom is -0.477 e. The summed E-state index contributed by atoms with van der Waals surface area (Å²) >= 11 is 0. The summed E-state index contributed by atoms with van der Waals surface area (Å²) in [7, 11) is 0. The minimum absolute atomic E-state index is 0.144. The molecule has 3 rings (SSSR count). The van der Waals surface area contributed by atoms with Gasteiger partial charge in [0.15, 0.2) is 0 Å². The maximum absolute atomic E-state index is 12.9. The fourth-order valence-corrected chi connectivity index (χ4v) is 3.30. The van der Waals surface area contributed by atoms with Crippen LogP contribution in [0.2, 0.25) is 0 Å². The van der Waals surface area contributed by atoms with Crippen molar-refractivity contribution in [1.29, 1.82) is 0 Å². The van der Waals surface area contributed by atoms with E-state index in [2.05, 4.69) is 15.6 Å². The molecule has 7 heteroatoms. The van der Waals surface area contributed by atoms with Crippen molar-refractivity contribution in [2.45, 2.75) is 63.8 Å². The van der Waals surface area contributed by atoms with Crippen molar-refractivity contribution in [3.63, 3.8) is 0 Å². The topological polar surface area (TPSA) is 101 Å². The highest BCUT2D eigenvalue weighted by molar-refractivity contribution is 5.98. The average Bonchev–Trinajstić information content (AvgIpc) is 3.62. The molecule has 1 aromatic rings. The molecule has 2 amide bonds. The number of carbonyl (C=O) groups excluding carboxylic acids is 2. The van der Waals surface area contributed by atoms with Crippen LogP contribution in [0.1, 0.15) is 74.3 Å². The molecule has 0 spiro atoms. The Morgan fingerprint density at radius 3 is 2.50 bits per heavy atom. The fourth-order valence-electron chi connectivity index (χ4n) is 3.30. The second-order valence-electron chi connectivity index (χ2n) is 7.84. The van der Waals surface area contributed by atoms with E-state index < -0.39 is 5.54 Å². The Balaban J connectivity index is 1.75. The number of hydrogen-bond acceptors (Lipinski definition) is 5. The molecule has 2 fully saturated rings. The van der Waals surface area contributed by atoms with Gasteiger partial charge in [0.2, 0.25) is 11.8 Å². The van der Waals surface area contributed by atoms with Gasteiger partial charge in [0, 0.05) is 12.1 Å². The zero-order valence-corrected chi connectivity index (χ0v) is 16.8. The van der Waals surface area contributed by atoms with E-state index in [0.717, 1.165) is 18.4 Å². The molecule has 0 aromatic carbocycles. The molecule has 1 aromatic heterocycles. The molecule has 2 aliphatic rings. The van der Waals surface area contributed by atoms with E-state index in [4.69, 9.17) is 9.84 Å². The molecule has 1 heterocycles. The Labute approximate surface area is 166 Å². The molecule has 2 saturated carbocycles. The molecule has 0 bridgehead atoms. The van der Waals surface area contributed by atoms with Crippen LogP contribution in [0.5, 0.6) is 5.88 Å². The summed E-state index contributed by atoms with van der Waals surface area (Å²) in [6.07, 6.45) is 5.53. The number of rotatable bonds is 11. The van der Waals surface area contributed by atoms with E-state index in [1.54, 1.807) is 6.07 Å². The molecule has 7 nitrogen and oxygen atoms in total. The summed E-state index contributed by atoms with van der Waals surface area (Å²) in [4.78, 5) is 30.0. The van der Waals surface area contributed by atoms with E-state index in [0.29, 0.717) is 37.2 Å². The van der Waals surface area contributed by atoms with Crippen molar-refractivity contribution < 1.29 is 19.4 Å². The number of aliphatic hydroxyl groups excluding tert-OH is 1. The van der Waals surface area contributed by atoms with Crippen molar-refractivity contribution in [1.82, 2.24) is 15.6 Å². The average molecular weight is 389 g/mol. The van der Waals surface area contributed by atoms with E-state index >= 15 is 0 Å². The van der Waals surface area contributed by atoms with Gasteiger partial charge in [0.1, 0.15) is 11.2 Å². The van der Waals surface area contributed by atoms with Gasteiger partial charge >= 0.3 is 0 Å². The Hall–Kier alpha value is -2.15. The Morgan fingerprint density at radius 1 is 1.21 bits per heavy atom. The van der Waals surface area contributed by atoms with Crippen LogP contribution in [0.4, 0.5) is 0 Å². The smallest absolute Gasteiger partial charge is 0.270 e. The van der Waals surface area contributed by atoms with Crippen LogP contribution >= 0.6 is 0 Å². The van der Waals surface area contributed by atoms with Crippen LogP contribution in [0.15, 0.2) is 12.1 Å². The highest BCUT2D eigenvalue weighted by Crippen LogP contribution is 2.44. The highest BCUT2D eigenvalue weighted by atomic mass is 16.5. The number of hydrogen-bond donors (Lipinski definition) is 3. The number of nitrogens with one attached hydrogen (secondary N) is 2. The molecular formula is C21H31N3O4. The van der Waals surface area contributed by atoms with Crippen molar-refractivity contribution in [2.24, 2.45) is 5.92 Å². The molecule has 2 aliphatic carbocycles. The third-order valence-corrected chi connectivity index (χ3v) is 5.68. The standard InChI is InChI=1S/C21H31N3O4/c1-3-21(4-2,20(27)22-11-12-25)24-18(26)17-10-9-16(15-7-8-15)19(23-17)28-13-14-5-6-14/h9-10,14-15,25H,3-8,11-13H2,1-2H3,(H,22,27)(H,24,26). The maximum atomic E-state index is 12.9. The SMILES string of the molecule is CCC(CC)(NC(=O)c1ccc(C2CC2)c(OCC2CC2)n1)C(=O)NCCO. The van der Waals surface area contributed by atoms with E-state index in [1.165, 1.54) is 12.8 Å². The summed E-state index contributed by atoms with van der Waals surface area (Å²) < 4.78 is 5.94. The van der Waals surface area contributed by atoms with E-state index in [9.17, 15) is 9.59 Å². The van der Waals surface area contributed by atoms with Crippen LogP contribution in [-0.4, -0.2) is 47.2 Å². The lowest BCUT2D eigenvalue weighted by atomic mass is 9.91. The second kappa shape index (κ2) is 8.90. The maximum Gasteiger partial charge on any atom is 0.270 e. The number of amides is 2.